The summed E-state index contributed by atoms with van der Waals surface area (Å²) >= 11 is 0. The van der Waals surface area contributed by atoms with E-state index in [0.717, 1.165) is 4.90 Å². The second-order valence-electron chi connectivity index (χ2n) is 7.95. The fourth-order valence-corrected chi connectivity index (χ4v) is 4.34. The van der Waals surface area contributed by atoms with Gasteiger partial charge in [-0.3, -0.25) is 4.79 Å². The van der Waals surface area contributed by atoms with Gasteiger partial charge in [-0.1, -0.05) is 0 Å². The minimum atomic E-state index is -4.47. The van der Waals surface area contributed by atoms with E-state index in [-0.39, 0.29) is 43.5 Å². The molecule has 1 N–H and O–H groups in total. The first-order valence-electron chi connectivity index (χ1n) is 9.65. The van der Waals surface area contributed by atoms with Gasteiger partial charge in [0.05, 0.1) is 0 Å². The molecule has 0 saturated carbocycles. The van der Waals surface area contributed by atoms with Crippen LogP contribution in [-0.2, 0) is 17.1 Å². The highest BCUT2D eigenvalue weighted by Gasteiger charge is 2.51. The Bertz CT molecular complexity index is 816. The smallest absolute Gasteiger partial charge is 0.408 e. The standard InChI is InChI=1S/C18H21F5N4O2/c19-17(20)6-3-11-14(17)24-16(27-8-5-12(27)18(21,22)23)25-15(11)26-7-4-10(9-26)1-2-13(28)29/h10,12H,1-9H2,(H,28,29)/t10-,12+/m0/s1. The van der Waals surface area contributed by atoms with Gasteiger partial charge in [-0.15, -0.1) is 0 Å². The predicted octanol–water partition coefficient (Wildman–Crippen LogP) is 3.35. The van der Waals surface area contributed by atoms with Crippen LogP contribution in [0.2, 0.25) is 0 Å². The fraction of sp³-hybridized carbons (Fsp3) is 0.722. The molecule has 2 saturated heterocycles. The van der Waals surface area contributed by atoms with E-state index in [1.807, 2.05) is 0 Å². The molecular weight excluding hydrogens is 399 g/mol. The molecule has 3 aliphatic rings. The second-order valence-corrected chi connectivity index (χ2v) is 7.95. The maximum Gasteiger partial charge on any atom is 0.408 e. The molecule has 29 heavy (non-hydrogen) atoms. The fourth-order valence-electron chi connectivity index (χ4n) is 4.34. The van der Waals surface area contributed by atoms with Crippen molar-refractivity contribution in [1.82, 2.24) is 9.97 Å². The summed E-state index contributed by atoms with van der Waals surface area (Å²) in [5.74, 6) is -4.04. The van der Waals surface area contributed by atoms with E-state index >= 15 is 0 Å². The summed E-state index contributed by atoms with van der Waals surface area (Å²) in [5, 5.41) is 8.85. The van der Waals surface area contributed by atoms with Gasteiger partial charge in [0.15, 0.2) is 0 Å². The number of carbonyl (C=O) groups is 1. The average molecular weight is 420 g/mol. The molecule has 4 rings (SSSR count). The van der Waals surface area contributed by atoms with Gasteiger partial charge in [0.25, 0.3) is 5.92 Å². The molecule has 0 unspecified atom stereocenters. The number of aromatic nitrogens is 2. The van der Waals surface area contributed by atoms with Crippen LogP contribution in [0.1, 0.15) is 43.4 Å². The Balaban J connectivity index is 1.64. The first-order valence-corrected chi connectivity index (χ1v) is 9.65. The first-order chi connectivity index (χ1) is 13.6. The summed E-state index contributed by atoms with van der Waals surface area (Å²) in [4.78, 5) is 21.7. The van der Waals surface area contributed by atoms with Gasteiger partial charge in [0, 0.05) is 38.0 Å². The lowest BCUT2D eigenvalue weighted by Gasteiger charge is -2.42. The van der Waals surface area contributed by atoms with E-state index in [1.165, 1.54) is 0 Å². The number of rotatable bonds is 5. The number of hydrogen-bond donors (Lipinski definition) is 1. The highest BCUT2D eigenvalue weighted by Crippen LogP contribution is 2.46. The van der Waals surface area contributed by atoms with Crippen LogP contribution >= 0.6 is 0 Å². The normalized spacial score (nSPS) is 25.8. The quantitative estimate of drug-likeness (QED) is 0.737. The van der Waals surface area contributed by atoms with Crippen molar-refractivity contribution < 1.29 is 31.9 Å². The molecular formula is C18H21F5N4O2. The SMILES string of the molecule is O=C(O)CC[C@H]1CCN(c2nc(N3CC[C@@H]3C(F)(F)F)nc3c2CCC3(F)F)C1. The highest BCUT2D eigenvalue weighted by atomic mass is 19.4. The second kappa shape index (κ2) is 6.94. The van der Waals surface area contributed by atoms with Crippen LogP contribution in [0.3, 0.4) is 0 Å². The first kappa shape index (κ1) is 20.1. The summed E-state index contributed by atoms with van der Waals surface area (Å²) in [6, 6.07) is -1.76. The van der Waals surface area contributed by atoms with Crippen molar-refractivity contribution in [1.29, 1.82) is 0 Å². The predicted molar refractivity (Wildman–Crippen MR) is 93.2 cm³/mol. The molecule has 1 aliphatic carbocycles. The van der Waals surface area contributed by atoms with Gasteiger partial charge in [-0.05, 0) is 31.6 Å². The minimum absolute atomic E-state index is 0.0186. The molecule has 0 radical (unpaired) electrons. The number of fused-ring (bicyclic) bond motifs is 1. The van der Waals surface area contributed by atoms with Crippen molar-refractivity contribution >= 4 is 17.7 Å². The number of carboxylic acids is 1. The number of hydrogen-bond acceptors (Lipinski definition) is 5. The van der Waals surface area contributed by atoms with Gasteiger partial charge < -0.3 is 14.9 Å². The number of halogens is 5. The van der Waals surface area contributed by atoms with Crippen molar-refractivity contribution in [2.45, 2.75) is 56.7 Å². The zero-order chi connectivity index (χ0) is 21.0. The Labute approximate surface area is 163 Å². The van der Waals surface area contributed by atoms with E-state index in [4.69, 9.17) is 5.11 Å². The van der Waals surface area contributed by atoms with E-state index in [2.05, 4.69) is 9.97 Å². The lowest BCUT2D eigenvalue weighted by atomic mass is 10.0. The highest BCUT2D eigenvalue weighted by molar-refractivity contribution is 5.66. The van der Waals surface area contributed by atoms with Crippen LogP contribution in [0.4, 0.5) is 33.7 Å². The summed E-state index contributed by atoms with van der Waals surface area (Å²) in [5.41, 5.74) is -0.180. The number of alkyl halides is 5. The van der Waals surface area contributed by atoms with Crippen molar-refractivity contribution in [3.63, 3.8) is 0 Å². The zero-order valence-corrected chi connectivity index (χ0v) is 15.6. The van der Waals surface area contributed by atoms with Crippen LogP contribution in [-0.4, -0.2) is 52.9 Å². The number of nitrogens with zero attached hydrogens (tertiary/aromatic N) is 4. The summed E-state index contributed by atoms with van der Waals surface area (Å²) in [6.45, 7) is 1.01. The molecule has 11 heteroatoms. The number of carboxylic acid groups (broad SMARTS) is 1. The van der Waals surface area contributed by atoms with E-state index in [1.54, 1.807) is 4.90 Å². The van der Waals surface area contributed by atoms with Crippen LogP contribution < -0.4 is 9.80 Å². The molecule has 0 aromatic carbocycles. The third kappa shape index (κ3) is 3.71. The summed E-state index contributed by atoms with van der Waals surface area (Å²) < 4.78 is 68.2. The molecule has 0 bridgehead atoms. The van der Waals surface area contributed by atoms with Crippen molar-refractivity contribution in [3.8, 4) is 0 Å². The number of anilines is 2. The lowest BCUT2D eigenvalue weighted by molar-refractivity contribution is -0.160. The van der Waals surface area contributed by atoms with Crippen LogP contribution in [0.15, 0.2) is 0 Å². The van der Waals surface area contributed by atoms with Gasteiger partial charge in [0.2, 0.25) is 5.95 Å². The summed E-state index contributed by atoms with van der Waals surface area (Å²) in [7, 11) is 0. The third-order valence-corrected chi connectivity index (χ3v) is 6.02. The van der Waals surface area contributed by atoms with Gasteiger partial charge >= 0.3 is 12.1 Å². The van der Waals surface area contributed by atoms with Crippen molar-refractivity contribution in [3.05, 3.63) is 11.3 Å². The average Bonchev–Trinajstić information content (AvgIpc) is 3.15. The minimum Gasteiger partial charge on any atom is -0.481 e. The van der Waals surface area contributed by atoms with Crippen LogP contribution in [0.25, 0.3) is 0 Å². The monoisotopic (exact) mass is 420 g/mol. The van der Waals surface area contributed by atoms with Gasteiger partial charge in [0.1, 0.15) is 17.6 Å². The third-order valence-electron chi connectivity index (χ3n) is 6.02. The molecule has 1 aromatic rings. The maximum atomic E-state index is 14.4. The zero-order valence-electron chi connectivity index (χ0n) is 15.6. The van der Waals surface area contributed by atoms with Crippen LogP contribution in [0.5, 0.6) is 0 Å². The van der Waals surface area contributed by atoms with E-state index in [9.17, 15) is 26.7 Å². The molecule has 1 aromatic heterocycles. The molecule has 160 valence electrons. The lowest BCUT2D eigenvalue weighted by Crippen LogP contribution is -2.56. The van der Waals surface area contributed by atoms with Crippen molar-refractivity contribution in [2.24, 2.45) is 5.92 Å². The van der Waals surface area contributed by atoms with E-state index in [0.29, 0.717) is 31.5 Å². The molecule has 0 spiro atoms. The molecule has 3 heterocycles. The molecule has 6 nitrogen and oxygen atoms in total. The Hall–Kier alpha value is -2.20. The summed E-state index contributed by atoms with van der Waals surface area (Å²) in [6.07, 6.45) is -3.79. The van der Waals surface area contributed by atoms with Crippen LogP contribution in [0, 0.1) is 5.92 Å². The molecule has 2 atom stereocenters. The molecule has 2 fully saturated rings. The van der Waals surface area contributed by atoms with E-state index < -0.39 is 36.2 Å². The topological polar surface area (TPSA) is 69.6 Å². The molecule has 0 amide bonds. The Kier molecular flexibility index (Phi) is 4.81. The Morgan fingerprint density at radius 2 is 1.97 bits per heavy atom. The van der Waals surface area contributed by atoms with Gasteiger partial charge in [-0.2, -0.15) is 26.9 Å². The van der Waals surface area contributed by atoms with Crippen molar-refractivity contribution in [2.75, 3.05) is 29.4 Å². The number of aliphatic carboxylic acids is 1. The largest absolute Gasteiger partial charge is 0.481 e. The Morgan fingerprint density at radius 1 is 1.21 bits per heavy atom. The molecule has 2 aliphatic heterocycles. The Morgan fingerprint density at radius 3 is 2.59 bits per heavy atom. The van der Waals surface area contributed by atoms with Gasteiger partial charge in [-0.25, -0.2) is 4.98 Å². The maximum absolute atomic E-state index is 14.4.